The second kappa shape index (κ2) is 4.55. The van der Waals surface area contributed by atoms with E-state index in [1.165, 1.54) is 5.41 Å². The summed E-state index contributed by atoms with van der Waals surface area (Å²) in [7, 11) is -1.12. The van der Waals surface area contributed by atoms with Crippen LogP contribution in [0.25, 0.3) is 0 Å². The first-order valence-corrected chi connectivity index (χ1v) is 7.72. The standard InChI is InChI=1S/C10H14BrN3O2S/c1-7-10(11)9(14(2)13-7)5-12-8-3-4-17(15,16)6-8/h3-4,8,12H,5-6H2,1-2H3. The summed E-state index contributed by atoms with van der Waals surface area (Å²) < 4.78 is 25.2. The molecule has 0 radical (unpaired) electrons. The van der Waals surface area contributed by atoms with E-state index in [1.807, 2.05) is 14.0 Å². The Balaban J connectivity index is 2.02. The Kier molecular flexibility index (Phi) is 3.42. The van der Waals surface area contributed by atoms with Gasteiger partial charge in [-0.1, -0.05) is 6.08 Å². The summed E-state index contributed by atoms with van der Waals surface area (Å²) in [5.41, 5.74) is 1.94. The number of nitrogens with zero attached hydrogens (tertiary/aromatic N) is 2. The zero-order valence-corrected chi connectivity index (χ0v) is 12.0. The van der Waals surface area contributed by atoms with Gasteiger partial charge < -0.3 is 5.32 Å². The largest absolute Gasteiger partial charge is 0.304 e. The lowest BCUT2D eigenvalue weighted by atomic mass is 10.3. The van der Waals surface area contributed by atoms with Crippen molar-refractivity contribution >= 4 is 25.8 Å². The molecule has 1 aliphatic rings. The smallest absolute Gasteiger partial charge is 0.173 e. The molecule has 0 aliphatic carbocycles. The molecule has 1 aromatic heterocycles. The highest BCUT2D eigenvalue weighted by Crippen LogP contribution is 2.20. The van der Waals surface area contributed by atoms with Crippen LogP contribution in [0.2, 0.25) is 0 Å². The molecular weight excluding hydrogens is 306 g/mol. The van der Waals surface area contributed by atoms with Gasteiger partial charge >= 0.3 is 0 Å². The molecule has 0 amide bonds. The van der Waals surface area contributed by atoms with Gasteiger partial charge in [0.25, 0.3) is 0 Å². The van der Waals surface area contributed by atoms with Crippen LogP contribution in [0.15, 0.2) is 16.0 Å². The Morgan fingerprint density at radius 3 is 2.82 bits per heavy atom. The van der Waals surface area contributed by atoms with Crippen LogP contribution in [0, 0.1) is 6.92 Å². The van der Waals surface area contributed by atoms with Gasteiger partial charge in [0.1, 0.15) is 0 Å². The van der Waals surface area contributed by atoms with Crippen molar-refractivity contribution in [2.24, 2.45) is 7.05 Å². The fourth-order valence-corrected chi connectivity index (χ4v) is 3.55. The SMILES string of the molecule is Cc1nn(C)c(CNC2C=CS(=O)(=O)C2)c1Br. The van der Waals surface area contributed by atoms with Crippen LogP contribution in [0.3, 0.4) is 0 Å². The minimum Gasteiger partial charge on any atom is -0.304 e. The highest BCUT2D eigenvalue weighted by atomic mass is 79.9. The van der Waals surface area contributed by atoms with E-state index in [2.05, 4.69) is 26.3 Å². The van der Waals surface area contributed by atoms with Crippen molar-refractivity contribution in [3.63, 3.8) is 0 Å². The molecule has 0 saturated heterocycles. The number of aryl methyl sites for hydroxylation is 2. The van der Waals surface area contributed by atoms with Gasteiger partial charge in [-0.15, -0.1) is 0 Å². The van der Waals surface area contributed by atoms with Gasteiger partial charge in [0.05, 0.1) is 21.6 Å². The number of sulfone groups is 1. The van der Waals surface area contributed by atoms with Crippen LogP contribution >= 0.6 is 15.9 Å². The zero-order valence-electron chi connectivity index (χ0n) is 9.64. The molecule has 1 aliphatic heterocycles. The maximum Gasteiger partial charge on any atom is 0.173 e. The molecule has 1 aromatic rings. The molecule has 0 aromatic carbocycles. The number of aromatic nitrogens is 2. The van der Waals surface area contributed by atoms with Gasteiger partial charge in [-0.2, -0.15) is 5.10 Å². The molecule has 7 heteroatoms. The summed E-state index contributed by atoms with van der Waals surface area (Å²) in [6.45, 7) is 2.51. The van der Waals surface area contributed by atoms with Crippen molar-refractivity contribution in [3.05, 3.63) is 27.3 Å². The summed E-state index contributed by atoms with van der Waals surface area (Å²) in [6.07, 6.45) is 1.69. The molecule has 5 nitrogen and oxygen atoms in total. The highest BCUT2D eigenvalue weighted by Gasteiger charge is 2.21. The molecule has 2 rings (SSSR count). The lowest BCUT2D eigenvalue weighted by Crippen LogP contribution is -2.30. The molecule has 1 unspecified atom stereocenters. The fraction of sp³-hybridized carbons (Fsp3) is 0.500. The summed E-state index contributed by atoms with van der Waals surface area (Å²) in [4.78, 5) is 0. The monoisotopic (exact) mass is 319 g/mol. The summed E-state index contributed by atoms with van der Waals surface area (Å²) in [5.74, 6) is 0.140. The second-order valence-electron chi connectivity index (χ2n) is 4.12. The van der Waals surface area contributed by atoms with E-state index in [4.69, 9.17) is 0 Å². The van der Waals surface area contributed by atoms with Gasteiger partial charge in [-0.25, -0.2) is 8.42 Å². The van der Waals surface area contributed by atoms with Gasteiger partial charge in [0.2, 0.25) is 0 Å². The Hall–Kier alpha value is -0.660. The molecular formula is C10H14BrN3O2S. The van der Waals surface area contributed by atoms with E-state index in [-0.39, 0.29) is 11.8 Å². The van der Waals surface area contributed by atoms with E-state index < -0.39 is 9.84 Å². The van der Waals surface area contributed by atoms with Gasteiger partial charge in [-0.3, -0.25) is 4.68 Å². The minimum absolute atomic E-state index is 0.109. The average molecular weight is 320 g/mol. The Morgan fingerprint density at radius 2 is 2.35 bits per heavy atom. The van der Waals surface area contributed by atoms with Gasteiger partial charge in [0.15, 0.2) is 9.84 Å². The van der Waals surface area contributed by atoms with Crippen LogP contribution in [0.5, 0.6) is 0 Å². The topological polar surface area (TPSA) is 64.0 Å². The lowest BCUT2D eigenvalue weighted by Gasteiger charge is -2.10. The van der Waals surface area contributed by atoms with E-state index in [0.717, 1.165) is 15.9 Å². The Labute approximate surface area is 109 Å². The van der Waals surface area contributed by atoms with Crippen LogP contribution in [0.1, 0.15) is 11.4 Å². The first kappa shape index (κ1) is 12.8. The number of hydrogen-bond donors (Lipinski definition) is 1. The second-order valence-corrected chi connectivity index (χ2v) is 6.84. The predicted octanol–water partition coefficient (Wildman–Crippen LogP) is 0.891. The predicted molar refractivity (Wildman–Crippen MR) is 69.2 cm³/mol. The number of nitrogens with one attached hydrogen (secondary N) is 1. The molecule has 94 valence electrons. The van der Waals surface area contributed by atoms with E-state index in [0.29, 0.717) is 6.54 Å². The third-order valence-electron chi connectivity index (χ3n) is 2.72. The highest BCUT2D eigenvalue weighted by molar-refractivity contribution is 9.10. The molecule has 0 spiro atoms. The third kappa shape index (κ3) is 2.78. The first-order valence-electron chi connectivity index (χ1n) is 5.21. The number of rotatable bonds is 3. The average Bonchev–Trinajstić information content (AvgIpc) is 2.68. The summed E-state index contributed by atoms with van der Waals surface area (Å²) in [5, 5.41) is 8.74. The molecule has 17 heavy (non-hydrogen) atoms. The maximum absolute atomic E-state index is 11.2. The molecule has 0 fully saturated rings. The van der Waals surface area contributed by atoms with Crippen molar-refractivity contribution in [3.8, 4) is 0 Å². The lowest BCUT2D eigenvalue weighted by molar-refractivity contribution is 0.576. The van der Waals surface area contributed by atoms with Crippen molar-refractivity contribution in [1.82, 2.24) is 15.1 Å². The molecule has 1 N–H and O–H groups in total. The Morgan fingerprint density at radius 1 is 1.65 bits per heavy atom. The molecule has 0 saturated carbocycles. The van der Waals surface area contributed by atoms with Crippen molar-refractivity contribution in [2.45, 2.75) is 19.5 Å². The van der Waals surface area contributed by atoms with E-state index in [1.54, 1.807) is 10.8 Å². The molecule has 0 bridgehead atoms. The van der Waals surface area contributed by atoms with Crippen LogP contribution in [-0.2, 0) is 23.4 Å². The van der Waals surface area contributed by atoms with E-state index in [9.17, 15) is 8.42 Å². The quantitative estimate of drug-likeness (QED) is 0.898. The zero-order chi connectivity index (χ0) is 12.6. The normalized spacial score (nSPS) is 22.2. The van der Waals surface area contributed by atoms with E-state index >= 15 is 0 Å². The fourth-order valence-electron chi connectivity index (χ4n) is 1.80. The van der Waals surface area contributed by atoms with Crippen LogP contribution < -0.4 is 5.32 Å². The van der Waals surface area contributed by atoms with Crippen molar-refractivity contribution in [1.29, 1.82) is 0 Å². The third-order valence-corrected chi connectivity index (χ3v) is 5.15. The number of halogens is 1. The summed E-state index contributed by atoms with van der Waals surface area (Å²) in [6, 6.07) is -0.109. The molecule has 2 heterocycles. The maximum atomic E-state index is 11.2. The summed E-state index contributed by atoms with van der Waals surface area (Å²) >= 11 is 3.47. The minimum atomic E-state index is -2.99. The molecule has 1 atom stereocenters. The van der Waals surface area contributed by atoms with Crippen molar-refractivity contribution in [2.75, 3.05) is 5.75 Å². The van der Waals surface area contributed by atoms with Gasteiger partial charge in [-0.05, 0) is 22.9 Å². The Bertz CT molecular complexity index is 562. The van der Waals surface area contributed by atoms with Crippen LogP contribution in [-0.4, -0.2) is 30.0 Å². The van der Waals surface area contributed by atoms with Crippen molar-refractivity contribution < 1.29 is 8.42 Å². The first-order chi connectivity index (χ1) is 7.89. The van der Waals surface area contributed by atoms with Crippen LogP contribution in [0.4, 0.5) is 0 Å². The van der Waals surface area contributed by atoms with Gasteiger partial charge in [0, 0.05) is 25.0 Å². The number of hydrogen-bond acceptors (Lipinski definition) is 4.